The molecule has 0 aromatic heterocycles. The van der Waals surface area contributed by atoms with Crippen LogP contribution in [0.15, 0.2) is 36.4 Å². The topological polar surface area (TPSA) is 24.1 Å². The highest BCUT2D eigenvalue weighted by molar-refractivity contribution is 7.80. The molecule has 0 unspecified atom stereocenters. The molecule has 0 spiro atoms. The monoisotopic (exact) mass is 330 g/mol. The normalized spacial score (nSPS) is 10.3. The van der Waals surface area contributed by atoms with Crippen molar-refractivity contribution < 1.29 is 13.2 Å². The van der Waals surface area contributed by atoms with E-state index in [4.69, 9.17) is 23.8 Å². The number of nitrogens with one attached hydrogen (secondary N) is 2. The summed E-state index contributed by atoms with van der Waals surface area (Å²) in [5.74, 6) is -1.71. The molecule has 0 aliphatic rings. The van der Waals surface area contributed by atoms with E-state index in [1.807, 2.05) is 0 Å². The summed E-state index contributed by atoms with van der Waals surface area (Å²) in [6, 6.07) is 7.20. The van der Waals surface area contributed by atoms with E-state index in [1.54, 1.807) is 6.07 Å². The Balaban J connectivity index is 1.97. The molecule has 0 fully saturated rings. The Kier molecular flexibility index (Phi) is 5.03. The van der Waals surface area contributed by atoms with E-state index in [1.165, 1.54) is 12.1 Å². The smallest absolute Gasteiger partial charge is 0.171 e. The second kappa shape index (κ2) is 6.78. The second-order valence-corrected chi connectivity index (χ2v) is 5.01. The van der Waals surface area contributed by atoms with Gasteiger partial charge in [-0.25, -0.2) is 13.2 Å². The first-order valence-corrected chi connectivity index (χ1v) is 6.68. The van der Waals surface area contributed by atoms with Crippen LogP contribution in [0, 0.1) is 17.5 Å². The number of hydrogen-bond donors (Lipinski definition) is 2. The summed E-state index contributed by atoms with van der Waals surface area (Å²) in [4.78, 5) is 0. The average molecular weight is 331 g/mol. The van der Waals surface area contributed by atoms with E-state index >= 15 is 0 Å². The van der Waals surface area contributed by atoms with Crippen LogP contribution in [0.4, 0.5) is 18.9 Å². The zero-order valence-corrected chi connectivity index (χ0v) is 12.2. The van der Waals surface area contributed by atoms with Crippen LogP contribution in [0.5, 0.6) is 0 Å². The van der Waals surface area contributed by atoms with Gasteiger partial charge >= 0.3 is 0 Å². The van der Waals surface area contributed by atoms with Gasteiger partial charge < -0.3 is 10.6 Å². The van der Waals surface area contributed by atoms with E-state index in [0.29, 0.717) is 10.6 Å². The lowest BCUT2D eigenvalue weighted by atomic mass is 10.2. The van der Waals surface area contributed by atoms with Crippen molar-refractivity contribution in [3.05, 3.63) is 64.4 Å². The minimum absolute atomic E-state index is 0.0499. The summed E-state index contributed by atoms with van der Waals surface area (Å²) in [5, 5.41) is 5.55. The summed E-state index contributed by atoms with van der Waals surface area (Å²) < 4.78 is 40.0. The lowest BCUT2D eigenvalue weighted by molar-refractivity contribution is 0.603. The van der Waals surface area contributed by atoms with E-state index in [-0.39, 0.29) is 17.3 Å². The maximum Gasteiger partial charge on any atom is 0.171 e. The molecule has 0 amide bonds. The predicted octanol–water partition coefficient (Wildman–Crippen LogP) is 4.24. The van der Waals surface area contributed by atoms with Gasteiger partial charge in [0.2, 0.25) is 0 Å². The van der Waals surface area contributed by atoms with Crippen LogP contribution in [0.1, 0.15) is 5.56 Å². The van der Waals surface area contributed by atoms with Gasteiger partial charge in [-0.2, -0.15) is 0 Å². The van der Waals surface area contributed by atoms with Gasteiger partial charge in [0.15, 0.2) is 5.11 Å². The Bertz CT molecular complexity index is 679. The number of anilines is 1. The van der Waals surface area contributed by atoms with Crippen molar-refractivity contribution >= 4 is 34.6 Å². The molecule has 21 heavy (non-hydrogen) atoms. The molecular weight excluding hydrogens is 321 g/mol. The zero-order valence-electron chi connectivity index (χ0n) is 10.6. The van der Waals surface area contributed by atoms with Crippen LogP contribution < -0.4 is 10.6 Å². The lowest BCUT2D eigenvalue weighted by Gasteiger charge is -2.12. The van der Waals surface area contributed by atoms with E-state index in [0.717, 1.165) is 18.2 Å². The fourth-order valence-electron chi connectivity index (χ4n) is 1.60. The van der Waals surface area contributed by atoms with Gasteiger partial charge in [-0.05, 0) is 36.5 Å². The van der Waals surface area contributed by atoms with Gasteiger partial charge in [0.1, 0.15) is 17.5 Å². The highest BCUT2D eigenvalue weighted by atomic mass is 35.5. The van der Waals surface area contributed by atoms with Gasteiger partial charge in [-0.1, -0.05) is 17.7 Å². The molecule has 0 aliphatic carbocycles. The maximum atomic E-state index is 13.5. The molecule has 2 aromatic rings. The third-order valence-electron chi connectivity index (χ3n) is 2.63. The molecular formula is C14H10ClF3N2S. The van der Waals surface area contributed by atoms with Crippen LogP contribution in [0.3, 0.4) is 0 Å². The number of benzene rings is 2. The van der Waals surface area contributed by atoms with Gasteiger partial charge in [0, 0.05) is 23.2 Å². The van der Waals surface area contributed by atoms with E-state index in [9.17, 15) is 13.2 Å². The fourth-order valence-corrected chi connectivity index (χ4v) is 1.94. The van der Waals surface area contributed by atoms with Crippen molar-refractivity contribution in [2.24, 2.45) is 0 Å². The zero-order chi connectivity index (χ0) is 15.4. The SMILES string of the molecule is Fc1ccc(F)c(NC(=S)NCc2ccc(Cl)cc2F)c1. The molecule has 2 N–H and O–H groups in total. The van der Waals surface area contributed by atoms with Crippen LogP contribution >= 0.6 is 23.8 Å². The molecule has 0 saturated carbocycles. The van der Waals surface area contributed by atoms with Gasteiger partial charge in [-0.15, -0.1) is 0 Å². The molecule has 110 valence electrons. The summed E-state index contributed by atoms with van der Waals surface area (Å²) in [6.45, 7) is 0.0891. The minimum Gasteiger partial charge on any atom is -0.358 e. The third kappa shape index (κ3) is 4.34. The number of halogens is 4. The molecule has 2 aromatic carbocycles. The van der Waals surface area contributed by atoms with Crippen molar-refractivity contribution in [2.75, 3.05) is 5.32 Å². The minimum atomic E-state index is -0.641. The molecule has 0 aliphatic heterocycles. The third-order valence-corrected chi connectivity index (χ3v) is 3.11. The van der Waals surface area contributed by atoms with Crippen LogP contribution in [-0.2, 0) is 6.54 Å². The molecule has 0 bridgehead atoms. The average Bonchev–Trinajstić information content (AvgIpc) is 2.42. The molecule has 2 rings (SSSR count). The Morgan fingerprint density at radius 2 is 1.81 bits per heavy atom. The highest BCUT2D eigenvalue weighted by Gasteiger charge is 2.07. The summed E-state index contributed by atoms with van der Waals surface area (Å²) in [6.07, 6.45) is 0. The molecule has 0 saturated heterocycles. The van der Waals surface area contributed by atoms with Crippen molar-refractivity contribution in [3.63, 3.8) is 0 Å². The lowest BCUT2D eigenvalue weighted by Crippen LogP contribution is -2.28. The largest absolute Gasteiger partial charge is 0.358 e. The number of hydrogen-bond acceptors (Lipinski definition) is 1. The number of thiocarbonyl (C=S) groups is 1. The van der Waals surface area contributed by atoms with Crippen molar-refractivity contribution in [1.29, 1.82) is 0 Å². The molecule has 0 radical (unpaired) electrons. The molecule has 7 heteroatoms. The van der Waals surface area contributed by atoms with E-state index < -0.39 is 17.5 Å². The van der Waals surface area contributed by atoms with Crippen molar-refractivity contribution in [3.8, 4) is 0 Å². The molecule has 0 atom stereocenters. The Hall–Kier alpha value is -1.79. The fraction of sp³-hybridized carbons (Fsp3) is 0.0714. The standard InChI is InChI=1S/C14H10ClF3N2S/c15-9-2-1-8(12(18)5-9)7-19-14(21)20-13-6-10(16)3-4-11(13)17/h1-6H,7H2,(H2,19,20,21). The van der Waals surface area contributed by atoms with Gasteiger partial charge in [0.05, 0.1) is 5.69 Å². The first-order valence-electron chi connectivity index (χ1n) is 5.89. The summed E-state index contributed by atoms with van der Waals surface area (Å²) >= 11 is 10.6. The first-order chi connectivity index (χ1) is 9.95. The van der Waals surface area contributed by atoms with Crippen LogP contribution in [0.2, 0.25) is 5.02 Å². The van der Waals surface area contributed by atoms with Gasteiger partial charge in [0.25, 0.3) is 0 Å². The van der Waals surface area contributed by atoms with Crippen LogP contribution in [-0.4, -0.2) is 5.11 Å². The summed E-state index contributed by atoms with van der Waals surface area (Å²) in [5.41, 5.74) is 0.257. The van der Waals surface area contributed by atoms with Crippen molar-refractivity contribution in [1.82, 2.24) is 5.32 Å². The Morgan fingerprint density at radius 1 is 1.05 bits per heavy atom. The molecule has 2 nitrogen and oxygen atoms in total. The molecule has 0 heterocycles. The second-order valence-electron chi connectivity index (χ2n) is 4.17. The Labute approximate surface area is 129 Å². The van der Waals surface area contributed by atoms with Crippen molar-refractivity contribution in [2.45, 2.75) is 6.54 Å². The highest BCUT2D eigenvalue weighted by Crippen LogP contribution is 2.16. The Morgan fingerprint density at radius 3 is 2.52 bits per heavy atom. The first kappa shape index (κ1) is 15.6. The maximum absolute atomic E-state index is 13.5. The predicted molar refractivity (Wildman–Crippen MR) is 80.8 cm³/mol. The van der Waals surface area contributed by atoms with Gasteiger partial charge in [-0.3, -0.25) is 0 Å². The van der Waals surface area contributed by atoms with Crippen LogP contribution in [0.25, 0.3) is 0 Å². The number of rotatable bonds is 3. The quantitative estimate of drug-likeness (QED) is 0.823. The summed E-state index contributed by atoms with van der Waals surface area (Å²) in [7, 11) is 0. The van der Waals surface area contributed by atoms with E-state index in [2.05, 4.69) is 10.6 Å².